The Hall–Kier alpha value is -2.69. The number of carbonyl (C=O) groups excluding carboxylic acids is 1. The average Bonchev–Trinajstić information content (AvgIpc) is 3.18. The molecule has 1 aromatic carbocycles. The first-order valence-corrected chi connectivity index (χ1v) is 9.59. The van der Waals surface area contributed by atoms with E-state index in [-0.39, 0.29) is 17.6 Å². The lowest BCUT2D eigenvalue weighted by atomic mass is 10.3. The molecule has 0 unspecified atom stereocenters. The minimum atomic E-state index is -0.271. The van der Waals surface area contributed by atoms with Crippen LogP contribution in [0.15, 0.2) is 45.0 Å². The molecule has 0 bridgehead atoms. The molecule has 0 atom stereocenters. The predicted octanol–water partition coefficient (Wildman–Crippen LogP) is 3.38. The number of aromatic nitrogens is 3. The Morgan fingerprint density at radius 1 is 1.32 bits per heavy atom. The number of hydrogen-bond donors (Lipinski definition) is 3. The zero-order valence-electron chi connectivity index (χ0n) is 14.5. The molecule has 2 aromatic heterocycles. The van der Waals surface area contributed by atoms with Crippen molar-refractivity contribution in [3.63, 3.8) is 0 Å². The number of nitrogens with one attached hydrogen (secondary N) is 2. The van der Waals surface area contributed by atoms with Crippen molar-refractivity contribution in [2.75, 3.05) is 22.3 Å². The van der Waals surface area contributed by atoms with Gasteiger partial charge in [-0.05, 0) is 37.3 Å². The number of furan rings is 1. The maximum atomic E-state index is 12.1. The maximum Gasteiger partial charge on any atom is 0.264 e. The molecule has 0 fully saturated rings. The number of rotatable bonds is 7. The largest absolute Gasteiger partial charge is 0.460 e. The van der Waals surface area contributed by atoms with E-state index < -0.39 is 0 Å². The summed E-state index contributed by atoms with van der Waals surface area (Å²) in [4.78, 5) is 12.1. The lowest BCUT2D eigenvalue weighted by Gasteiger charge is -2.06. The van der Waals surface area contributed by atoms with Gasteiger partial charge in [0.2, 0.25) is 11.1 Å². The van der Waals surface area contributed by atoms with Crippen LogP contribution in [0.2, 0.25) is 10.0 Å². The van der Waals surface area contributed by atoms with Crippen molar-refractivity contribution in [3.8, 4) is 0 Å². The van der Waals surface area contributed by atoms with Crippen molar-refractivity contribution in [3.05, 3.63) is 51.9 Å². The quantitative estimate of drug-likeness (QED) is 0.223. The lowest BCUT2D eigenvalue weighted by Crippen LogP contribution is -2.16. The fourth-order valence-corrected chi connectivity index (χ4v) is 3.26. The third-order valence-corrected chi connectivity index (χ3v) is 4.64. The number of nitrogens with two attached hydrogens (primary N) is 1. The van der Waals surface area contributed by atoms with Crippen molar-refractivity contribution < 1.29 is 9.21 Å². The smallest absolute Gasteiger partial charge is 0.264 e. The molecule has 4 N–H and O–H groups in total. The average molecular weight is 440 g/mol. The van der Waals surface area contributed by atoms with Gasteiger partial charge in [-0.25, -0.2) is 10.1 Å². The Balaban J connectivity index is 1.53. The van der Waals surface area contributed by atoms with Gasteiger partial charge in [0.25, 0.3) is 5.95 Å². The van der Waals surface area contributed by atoms with Crippen LogP contribution in [0.4, 0.5) is 11.6 Å². The minimum Gasteiger partial charge on any atom is -0.460 e. The summed E-state index contributed by atoms with van der Waals surface area (Å²) >= 11 is 12.9. The van der Waals surface area contributed by atoms with Crippen molar-refractivity contribution >= 4 is 58.7 Å². The van der Waals surface area contributed by atoms with E-state index in [0.29, 0.717) is 26.6 Å². The molecule has 0 radical (unpaired) electrons. The third-order valence-electron chi connectivity index (χ3n) is 3.26. The summed E-state index contributed by atoms with van der Waals surface area (Å²) in [5.74, 6) is 7.28. The predicted molar refractivity (Wildman–Crippen MR) is 111 cm³/mol. The van der Waals surface area contributed by atoms with E-state index in [0.717, 1.165) is 17.5 Å². The normalized spacial score (nSPS) is 11.1. The second-order valence-corrected chi connectivity index (χ2v) is 7.30. The molecule has 2 heterocycles. The van der Waals surface area contributed by atoms with Gasteiger partial charge in [-0.15, -0.1) is 10.2 Å². The van der Waals surface area contributed by atoms with Crippen LogP contribution in [0, 0.1) is 6.92 Å². The molecule has 146 valence electrons. The Morgan fingerprint density at radius 2 is 2.07 bits per heavy atom. The number of hydrazone groups is 1. The van der Waals surface area contributed by atoms with E-state index >= 15 is 0 Å². The zero-order valence-corrected chi connectivity index (χ0v) is 16.8. The standard InChI is InChI=1S/C16H15Cl2N7O2S/c1-9-2-3-13(27-9)7-20-22-15-23-24-16(25(15)19)28-8-14(26)21-12-5-10(17)4-11(18)6-12/h2-7H,8,19H2,1H3,(H,21,26)(H,22,23)/b20-7+. The molecule has 3 rings (SSSR count). The number of anilines is 2. The Kier molecular flexibility index (Phi) is 6.45. The lowest BCUT2D eigenvalue weighted by molar-refractivity contribution is -0.113. The number of carbonyl (C=O) groups is 1. The molecule has 0 aliphatic carbocycles. The van der Waals surface area contributed by atoms with E-state index in [9.17, 15) is 4.79 Å². The summed E-state index contributed by atoms with van der Waals surface area (Å²) < 4.78 is 6.55. The number of thioether (sulfide) groups is 1. The highest BCUT2D eigenvalue weighted by Crippen LogP contribution is 2.23. The number of amides is 1. The second-order valence-electron chi connectivity index (χ2n) is 5.49. The van der Waals surface area contributed by atoms with E-state index in [1.807, 2.05) is 13.0 Å². The van der Waals surface area contributed by atoms with Crippen LogP contribution in [0.1, 0.15) is 11.5 Å². The fraction of sp³-hybridized carbons (Fsp3) is 0.125. The number of nitrogens with zero attached hydrogens (tertiary/aromatic N) is 4. The highest BCUT2D eigenvalue weighted by atomic mass is 35.5. The van der Waals surface area contributed by atoms with Crippen LogP contribution >= 0.6 is 35.0 Å². The molecule has 0 saturated carbocycles. The number of hydrogen-bond acceptors (Lipinski definition) is 8. The minimum absolute atomic E-state index is 0.0639. The van der Waals surface area contributed by atoms with Gasteiger partial charge in [-0.2, -0.15) is 5.10 Å². The van der Waals surface area contributed by atoms with E-state index in [1.165, 1.54) is 10.9 Å². The topological polar surface area (TPSA) is 123 Å². The van der Waals surface area contributed by atoms with Crippen molar-refractivity contribution in [2.45, 2.75) is 12.1 Å². The van der Waals surface area contributed by atoms with Gasteiger partial charge in [0.1, 0.15) is 11.5 Å². The van der Waals surface area contributed by atoms with Gasteiger partial charge in [0, 0.05) is 15.7 Å². The van der Waals surface area contributed by atoms with E-state index in [2.05, 4.69) is 26.0 Å². The molecule has 0 aliphatic heterocycles. The van der Waals surface area contributed by atoms with Crippen LogP contribution in [0.25, 0.3) is 0 Å². The first kappa shape index (κ1) is 20.1. The number of aryl methyl sites for hydroxylation is 1. The molecule has 28 heavy (non-hydrogen) atoms. The maximum absolute atomic E-state index is 12.1. The highest BCUT2D eigenvalue weighted by Gasteiger charge is 2.12. The van der Waals surface area contributed by atoms with E-state index in [4.69, 9.17) is 33.5 Å². The van der Waals surface area contributed by atoms with Crippen LogP contribution in [0.5, 0.6) is 0 Å². The van der Waals surface area contributed by atoms with Crippen molar-refractivity contribution in [2.24, 2.45) is 5.10 Å². The van der Waals surface area contributed by atoms with Crippen LogP contribution in [-0.4, -0.2) is 32.7 Å². The summed E-state index contributed by atoms with van der Waals surface area (Å²) in [7, 11) is 0. The number of nitrogen functional groups attached to an aromatic ring is 1. The summed E-state index contributed by atoms with van der Waals surface area (Å²) in [6.45, 7) is 1.84. The molecule has 9 nitrogen and oxygen atoms in total. The van der Waals surface area contributed by atoms with Gasteiger partial charge in [-0.1, -0.05) is 35.0 Å². The number of benzene rings is 1. The van der Waals surface area contributed by atoms with Crippen LogP contribution < -0.4 is 16.6 Å². The third kappa shape index (κ3) is 5.41. The summed E-state index contributed by atoms with van der Waals surface area (Å²) in [6.07, 6.45) is 1.48. The second kappa shape index (κ2) is 9.00. The molecule has 0 spiro atoms. The number of halogens is 2. The van der Waals surface area contributed by atoms with Crippen LogP contribution in [-0.2, 0) is 4.79 Å². The Labute approximate surface area is 174 Å². The summed E-state index contributed by atoms with van der Waals surface area (Å²) in [5, 5.41) is 15.7. The Bertz CT molecular complexity index is 998. The van der Waals surface area contributed by atoms with Gasteiger partial charge in [-0.3, -0.25) is 4.79 Å². The van der Waals surface area contributed by atoms with Gasteiger partial charge >= 0.3 is 0 Å². The molecular formula is C16H15Cl2N7O2S. The zero-order chi connectivity index (χ0) is 20.1. The highest BCUT2D eigenvalue weighted by molar-refractivity contribution is 7.99. The first-order valence-electron chi connectivity index (χ1n) is 7.85. The fourth-order valence-electron chi connectivity index (χ4n) is 2.08. The molecule has 12 heteroatoms. The monoisotopic (exact) mass is 439 g/mol. The molecule has 1 amide bonds. The van der Waals surface area contributed by atoms with Gasteiger partial charge in [0.05, 0.1) is 12.0 Å². The van der Waals surface area contributed by atoms with Gasteiger partial charge < -0.3 is 15.6 Å². The first-order chi connectivity index (χ1) is 13.4. The molecular weight excluding hydrogens is 425 g/mol. The SMILES string of the molecule is Cc1ccc(/C=N/Nc2nnc(SCC(=O)Nc3cc(Cl)cc(Cl)c3)n2N)o1. The van der Waals surface area contributed by atoms with E-state index in [1.54, 1.807) is 24.3 Å². The molecule has 3 aromatic rings. The molecule has 0 saturated heterocycles. The Morgan fingerprint density at radius 3 is 2.75 bits per heavy atom. The van der Waals surface area contributed by atoms with Gasteiger partial charge in [0.15, 0.2) is 0 Å². The molecule has 0 aliphatic rings. The van der Waals surface area contributed by atoms with Crippen LogP contribution in [0.3, 0.4) is 0 Å². The van der Waals surface area contributed by atoms with Crippen molar-refractivity contribution in [1.82, 2.24) is 14.9 Å². The summed E-state index contributed by atoms with van der Waals surface area (Å²) in [5.41, 5.74) is 3.16. The van der Waals surface area contributed by atoms with Crippen molar-refractivity contribution in [1.29, 1.82) is 0 Å². The summed E-state index contributed by atoms with van der Waals surface area (Å²) in [6, 6.07) is 8.38.